The molecular formula is C24H27ClN2O7. The molecule has 0 aliphatic carbocycles. The Hall–Kier alpha value is -3.17. The average Bonchev–Trinajstić information content (AvgIpc) is 2.89. The van der Waals surface area contributed by atoms with Crippen LogP contribution >= 0.6 is 11.6 Å². The van der Waals surface area contributed by atoms with E-state index in [4.69, 9.17) is 25.8 Å². The Bertz CT molecular complexity index is 1060. The van der Waals surface area contributed by atoms with Crippen molar-refractivity contribution in [2.45, 2.75) is 38.7 Å². The number of methoxy groups -OCH3 is 1. The summed E-state index contributed by atoms with van der Waals surface area (Å²) in [6, 6.07) is 6.80. The summed E-state index contributed by atoms with van der Waals surface area (Å²) in [7, 11) is 1.24. The zero-order chi connectivity index (χ0) is 24.8. The first-order valence-corrected chi connectivity index (χ1v) is 11.3. The third kappa shape index (κ3) is 5.31. The molecule has 1 saturated heterocycles. The Kier molecular flexibility index (Phi) is 8.46. The summed E-state index contributed by atoms with van der Waals surface area (Å²) in [5.41, 5.74) is 1.20. The number of halogens is 1. The van der Waals surface area contributed by atoms with Crippen LogP contribution in [0.4, 0.5) is 0 Å². The minimum atomic E-state index is -1.17. The maximum atomic E-state index is 13.3. The molecule has 9 nitrogen and oxygen atoms in total. The predicted molar refractivity (Wildman–Crippen MR) is 123 cm³/mol. The van der Waals surface area contributed by atoms with Crippen molar-refractivity contribution in [2.24, 2.45) is 0 Å². The summed E-state index contributed by atoms with van der Waals surface area (Å²) in [6.07, 6.45) is -1.26. The lowest BCUT2D eigenvalue weighted by Crippen LogP contribution is -2.41. The van der Waals surface area contributed by atoms with Crippen LogP contribution in [0.1, 0.15) is 38.2 Å². The molecule has 2 aliphatic rings. The number of dihydropyridines is 1. The van der Waals surface area contributed by atoms with E-state index in [-0.39, 0.29) is 61.1 Å². The number of rotatable bonds is 5. The molecule has 0 aromatic heterocycles. The van der Waals surface area contributed by atoms with Crippen molar-refractivity contribution >= 4 is 35.2 Å². The number of esters is 2. The van der Waals surface area contributed by atoms with Crippen LogP contribution in [0.3, 0.4) is 0 Å². The molecule has 2 aliphatic heterocycles. The van der Waals surface area contributed by atoms with Crippen LogP contribution in [0, 0.1) is 0 Å². The van der Waals surface area contributed by atoms with Crippen LogP contribution in [-0.4, -0.2) is 56.6 Å². The van der Waals surface area contributed by atoms with E-state index in [0.717, 1.165) is 0 Å². The van der Waals surface area contributed by atoms with E-state index in [9.17, 15) is 19.2 Å². The van der Waals surface area contributed by atoms with E-state index in [0.29, 0.717) is 16.3 Å². The molecule has 1 aromatic rings. The van der Waals surface area contributed by atoms with E-state index < -0.39 is 24.0 Å². The second kappa shape index (κ2) is 11.3. The maximum Gasteiger partial charge on any atom is 0.336 e. The summed E-state index contributed by atoms with van der Waals surface area (Å²) >= 11 is 6.50. The van der Waals surface area contributed by atoms with Gasteiger partial charge in [-0.2, -0.15) is 0 Å². The Labute approximate surface area is 202 Å². The minimum absolute atomic E-state index is 0.00309. The smallest absolute Gasteiger partial charge is 0.336 e. The van der Waals surface area contributed by atoms with Gasteiger partial charge in [0.25, 0.3) is 0 Å². The summed E-state index contributed by atoms with van der Waals surface area (Å²) in [6.45, 7) is 3.62. The quantitative estimate of drug-likeness (QED) is 0.602. The molecule has 0 bridgehead atoms. The lowest BCUT2D eigenvalue weighted by molar-refractivity contribution is -0.139. The highest BCUT2D eigenvalue weighted by Crippen LogP contribution is 2.42. The van der Waals surface area contributed by atoms with Crippen LogP contribution in [0.5, 0.6) is 0 Å². The monoisotopic (exact) mass is 490 g/mol. The lowest BCUT2D eigenvalue weighted by atomic mass is 9.79. The minimum Gasteiger partial charge on any atom is -0.466 e. The van der Waals surface area contributed by atoms with Crippen molar-refractivity contribution in [3.63, 3.8) is 0 Å². The van der Waals surface area contributed by atoms with Gasteiger partial charge in [0.05, 0.1) is 43.1 Å². The van der Waals surface area contributed by atoms with Crippen molar-refractivity contribution in [1.82, 2.24) is 10.6 Å². The van der Waals surface area contributed by atoms with Gasteiger partial charge in [-0.15, -0.1) is 0 Å². The Morgan fingerprint density at radius 3 is 2.56 bits per heavy atom. The Balaban J connectivity index is 2.25. The fourth-order valence-corrected chi connectivity index (χ4v) is 4.30. The summed E-state index contributed by atoms with van der Waals surface area (Å²) in [5.74, 6) is -3.00. The SMILES string of the molecule is CCOC(=O)C1=C(C2OCCNC(=O)CCC2=O)NC(C)=C(C(=O)OC)C1c1ccccc1Cl. The van der Waals surface area contributed by atoms with Gasteiger partial charge >= 0.3 is 11.9 Å². The predicted octanol–water partition coefficient (Wildman–Crippen LogP) is 2.16. The number of ketones is 1. The van der Waals surface area contributed by atoms with Crippen molar-refractivity contribution in [3.05, 3.63) is 57.4 Å². The molecule has 2 N–H and O–H groups in total. The zero-order valence-corrected chi connectivity index (χ0v) is 20.0. The first-order valence-electron chi connectivity index (χ1n) is 10.9. The fourth-order valence-electron chi connectivity index (χ4n) is 4.06. The molecule has 3 rings (SSSR count). The summed E-state index contributed by atoms with van der Waals surface area (Å²) in [5, 5.41) is 6.03. The van der Waals surface area contributed by atoms with Crippen LogP contribution in [-0.2, 0) is 33.4 Å². The molecule has 10 heteroatoms. The molecule has 34 heavy (non-hydrogen) atoms. The standard InChI is InChI=1S/C24H27ClN2O7/c1-4-33-24(31)20-19(14-7-5-6-8-15(14)25)18(23(30)32-3)13(2)27-21(20)22-16(28)9-10-17(29)26-11-12-34-22/h5-8,19,22,27H,4,9-12H2,1-3H3,(H,26,29). The molecule has 1 fully saturated rings. The highest BCUT2D eigenvalue weighted by Gasteiger charge is 2.43. The Morgan fingerprint density at radius 2 is 1.88 bits per heavy atom. The van der Waals surface area contributed by atoms with Crippen molar-refractivity contribution in [2.75, 3.05) is 26.9 Å². The van der Waals surface area contributed by atoms with Gasteiger partial charge in [0, 0.05) is 30.1 Å². The third-order valence-electron chi connectivity index (χ3n) is 5.57. The van der Waals surface area contributed by atoms with Gasteiger partial charge in [-0.1, -0.05) is 29.8 Å². The van der Waals surface area contributed by atoms with E-state index in [1.165, 1.54) is 7.11 Å². The number of benzene rings is 1. The maximum absolute atomic E-state index is 13.3. The normalized spacial score (nSPS) is 21.6. The average molecular weight is 491 g/mol. The Morgan fingerprint density at radius 1 is 1.15 bits per heavy atom. The molecule has 0 radical (unpaired) electrons. The third-order valence-corrected chi connectivity index (χ3v) is 5.92. The number of amides is 1. The van der Waals surface area contributed by atoms with Crippen LogP contribution in [0.2, 0.25) is 5.02 Å². The van der Waals surface area contributed by atoms with Crippen molar-refractivity contribution in [3.8, 4) is 0 Å². The van der Waals surface area contributed by atoms with Gasteiger partial charge in [0.15, 0.2) is 11.9 Å². The van der Waals surface area contributed by atoms with Crippen molar-refractivity contribution < 1.29 is 33.4 Å². The number of allylic oxidation sites excluding steroid dienone is 1. The second-order valence-corrected chi connectivity index (χ2v) is 8.13. The van der Waals surface area contributed by atoms with Gasteiger partial charge < -0.3 is 24.8 Å². The van der Waals surface area contributed by atoms with E-state index >= 15 is 0 Å². The first-order chi connectivity index (χ1) is 16.3. The molecule has 0 saturated carbocycles. The molecule has 182 valence electrons. The summed E-state index contributed by atoms with van der Waals surface area (Å²) < 4.78 is 16.2. The van der Waals surface area contributed by atoms with E-state index in [1.54, 1.807) is 38.1 Å². The van der Waals surface area contributed by atoms with Crippen LogP contribution in [0.15, 0.2) is 46.8 Å². The summed E-state index contributed by atoms with van der Waals surface area (Å²) in [4.78, 5) is 51.1. The zero-order valence-electron chi connectivity index (χ0n) is 19.2. The number of hydrogen-bond acceptors (Lipinski definition) is 8. The second-order valence-electron chi connectivity index (χ2n) is 7.72. The fraction of sp³-hybridized carbons (Fsp3) is 0.417. The number of carbonyl (C=O) groups excluding carboxylic acids is 4. The molecule has 2 unspecified atom stereocenters. The number of nitrogens with one attached hydrogen (secondary N) is 2. The molecule has 0 spiro atoms. The van der Waals surface area contributed by atoms with Crippen molar-refractivity contribution in [1.29, 1.82) is 0 Å². The van der Waals surface area contributed by atoms with Gasteiger partial charge in [-0.05, 0) is 25.5 Å². The van der Waals surface area contributed by atoms with Crippen LogP contribution < -0.4 is 10.6 Å². The largest absolute Gasteiger partial charge is 0.466 e. The number of carbonyl (C=O) groups is 4. The highest BCUT2D eigenvalue weighted by atomic mass is 35.5. The molecular weight excluding hydrogens is 464 g/mol. The number of ether oxygens (including phenoxy) is 3. The van der Waals surface area contributed by atoms with Gasteiger partial charge in [-0.25, -0.2) is 9.59 Å². The highest BCUT2D eigenvalue weighted by molar-refractivity contribution is 6.31. The molecule has 2 atom stereocenters. The molecule has 1 amide bonds. The van der Waals surface area contributed by atoms with Crippen LogP contribution in [0.25, 0.3) is 0 Å². The van der Waals surface area contributed by atoms with Gasteiger partial charge in [-0.3, -0.25) is 9.59 Å². The first kappa shape index (κ1) is 25.5. The lowest BCUT2D eigenvalue weighted by Gasteiger charge is -2.34. The van der Waals surface area contributed by atoms with Gasteiger partial charge in [0.2, 0.25) is 5.91 Å². The molecule has 1 aromatic carbocycles. The van der Waals surface area contributed by atoms with Gasteiger partial charge in [0.1, 0.15) is 0 Å². The molecule has 2 heterocycles. The number of Topliss-reactive ketones (excluding diaryl/α,β-unsaturated/α-hetero) is 1. The number of hydrogen-bond donors (Lipinski definition) is 2. The van der Waals surface area contributed by atoms with E-state index in [1.807, 2.05) is 0 Å². The topological polar surface area (TPSA) is 120 Å². The van der Waals surface area contributed by atoms with E-state index in [2.05, 4.69) is 10.6 Å².